The van der Waals surface area contributed by atoms with Crippen LogP contribution in [0.4, 0.5) is 0 Å². The lowest BCUT2D eigenvalue weighted by Gasteiger charge is -2.19. The third-order valence-corrected chi connectivity index (χ3v) is 8.12. The van der Waals surface area contributed by atoms with Crippen LogP contribution in [0.1, 0.15) is 37.6 Å². The maximum absolute atomic E-state index is 8.03. The zero-order valence-electron chi connectivity index (χ0n) is 24.0. The summed E-state index contributed by atoms with van der Waals surface area (Å²) in [5, 5.41) is 11.5. The molecule has 0 saturated heterocycles. The molecule has 5 nitrogen and oxygen atoms in total. The molecule has 41 heavy (non-hydrogen) atoms. The summed E-state index contributed by atoms with van der Waals surface area (Å²) in [5.41, 5.74) is 24.2. The predicted octanol–water partition coefficient (Wildman–Crippen LogP) is 7.70. The van der Waals surface area contributed by atoms with Crippen molar-refractivity contribution in [2.45, 2.75) is 27.2 Å². The van der Waals surface area contributed by atoms with Crippen molar-refractivity contribution in [1.82, 2.24) is 4.98 Å². The fraction of sp³-hybridized carbons (Fsp3) is 0.167. The topological polar surface area (TPSA) is 104 Å². The summed E-state index contributed by atoms with van der Waals surface area (Å²) in [6.45, 7) is 14.7. The van der Waals surface area contributed by atoms with Gasteiger partial charge in [-0.3, -0.25) is 4.99 Å². The Hall–Kier alpha value is -4.90. The number of aromatic nitrogens is 1. The maximum Gasteiger partial charge on any atom is 0.0634 e. The van der Waals surface area contributed by atoms with Crippen molar-refractivity contribution in [3.8, 4) is 0 Å². The quantitative estimate of drug-likeness (QED) is 0.174. The van der Waals surface area contributed by atoms with Crippen molar-refractivity contribution in [2.75, 3.05) is 6.54 Å². The number of allylic oxidation sites excluding steroid dienone is 9. The molecule has 0 radical (unpaired) electrons. The SMILES string of the molecule is C=C/C(C)=C(\N)C(=C)/C=C(\C=N)c1ccc2c(ccc3c4c([nH]c32)CC(C(=C/N)/C=C(\C)C2=NCC=C2C)C=C4)c1. The Bertz CT molecular complexity index is 1830. The number of H-pyrrole nitrogens is 1. The molecule has 2 heterocycles. The Morgan fingerprint density at radius 2 is 1.93 bits per heavy atom. The van der Waals surface area contributed by atoms with Gasteiger partial charge in [-0.15, -0.1) is 0 Å². The van der Waals surface area contributed by atoms with Crippen LogP contribution in [0.3, 0.4) is 0 Å². The van der Waals surface area contributed by atoms with Crippen LogP contribution in [-0.4, -0.2) is 23.5 Å². The van der Waals surface area contributed by atoms with Crippen molar-refractivity contribution in [3.05, 3.63) is 130 Å². The van der Waals surface area contributed by atoms with Crippen molar-refractivity contribution in [2.24, 2.45) is 22.4 Å². The summed E-state index contributed by atoms with van der Waals surface area (Å²) in [4.78, 5) is 8.36. The van der Waals surface area contributed by atoms with Crippen LogP contribution in [0.2, 0.25) is 0 Å². The third kappa shape index (κ3) is 5.19. The van der Waals surface area contributed by atoms with E-state index < -0.39 is 0 Å². The summed E-state index contributed by atoms with van der Waals surface area (Å²) < 4.78 is 0. The van der Waals surface area contributed by atoms with Gasteiger partial charge < -0.3 is 21.9 Å². The maximum atomic E-state index is 8.03. The molecule has 0 bridgehead atoms. The Kier molecular flexibility index (Phi) is 7.62. The second kappa shape index (κ2) is 11.3. The minimum Gasteiger partial charge on any atom is -0.404 e. The molecule has 2 aromatic carbocycles. The van der Waals surface area contributed by atoms with Gasteiger partial charge in [-0.2, -0.15) is 0 Å². The Morgan fingerprint density at radius 3 is 2.61 bits per heavy atom. The normalized spacial score (nSPS) is 18.2. The highest BCUT2D eigenvalue weighted by molar-refractivity contribution is 6.14. The van der Waals surface area contributed by atoms with E-state index in [0.717, 1.165) is 62.8 Å². The van der Waals surface area contributed by atoms with E-state index in [2.05, 4.69) is 91.6 Å². The third-order valence-electron chi connectivity index (χ3n) is 8.12. The van der Waals surface area contributed by atoms with Gasteiger partial charge in [-0.1, -0.05) is 67.8 Å². The zero-order chi connectivity index (χ0) is 29.3. The first-order valence-electron chi connectivity index (χ1n) is 13.8. The highest BCUT2D eigenvalue weighted by Crippen LogP contribution is 2.37. The molecule has 1 unspecified atom stereocenters. The minimum atomic E-state index is 0.180. The van der Waals surface area contributed by atoms with E-state index in [0.29, 0.717) is 11.3 Å². The molecule has 3 aromatic rings. The number of rotatable bonds is 8. The molecule has 0 saturated carbocycles. The van der Waals surface area contributed by atoms with Crippen LogP contribution in [-0.2, 0) is 6.42 Å². The number of nitrogens with two attached hydrogens (primary N) is 2. The number of fused-ring (bicyclic) bond motifs is 5. The standard InChI is InChI=1S/C36H37N5/c1-6-21(2)34(39)23(4)15-28(19-37)25-7-10-30-27(17-25)9-12-32-31-11-8-26(18-33(31)41-36(30)32)29(20-38)16-24(5)35-22(3)13-14-40-35/h6-13,15-17,19-20,26,37,41H,1,4,14,18,38-39H2,2-3,5H3/b24-16+,28-15+,29-20+,34-21-,37-19?. The molecule has 0 amide bonds. The van der Waals surface area contributed by atoms with Crippen LogP contribution >= 0.6 is 0 Å². The van der Waals surface area contributed by atoms with Gasteiger partial charge in [-0.25, -0.2) is 0 Å². The van der Waals surface area contributed by atoms with E-state index in [1.807, 2.05) is 13.0 Å². The van der Waals surface area contributed by atoms with E-state index in [1.54, 1.807) is 12.3 Å². The number of hydrogen-bond acceptors (Lipinski definition) is 4. The molecular weight excluding hydrogens is 502 g/mol. The molecule has 5 heteroatoms. The van der Waals surface area contributed by atoms with Gasteiger partial charge >= 0.3 is 0 Å². The molecule has 5 rings (SSSR count). The number of aliphatic imine (C=N–C) groups is 1. The van der Waals surface area contributed by atoms with E-state index in [-0.39, 0.29) is 5.92 Å². The molecule has 1 aliphatic carbocycles. The van der Waals surface area contributed by atoms with Gasteiger partial charge in [0.25, 0.3) is 0 Å². The lowest BCUT2D eigenvalue weighted by molar-refractivity contribution is 0.747. The lowest BCUT2D eigenvalue weighted by atomic mass is 9.86. The molecule has 1 aliphatic heterocycles. The highest BCUT2D eigenvalue weighted by Gasteiger charge is 2.22. The first-order chi connectivity index (χ1) is 19.7. The summed E-state index contributed by atoms with van der Waals surface area (Å²) in [5.74, 6) is 0.180. The largest absolute Gasteiger partial charge is 0.404 e. The van der Waals surface area contributed by atoms with E-state index in [1.165, 1.54) is 28.4 Å². The zero-order valence-corrected chi connectivity index (χ0v) is 24.0. The van der Waals surface area contributed by atoms with Gasteiger partial charge in [0, 0.05) is 39.9 Å². The highest BCUT2D eigenvalue weighted by atomic mass is 14.8. The van der Waals surface area contributed by atoms with Gasteiger partial charge in [0.2, 0.25) is 0 Å². The fourth-order valence-corrected chi connectivity index (χ4v) is 5.69. The van der Waals surface area contributed by atoms with Crippen LogP contribution in [0.5, 0.6) is 0 Å². The summed E-state index contributed by atoms with van der Waals surface area (Å²) >= 11 is 0. The van der Waals surface area contributed by atoms with Crippen molar-refractivity contribution in [1.29, 1.82) is 5.41 Å². The van der Waals surface area contributed by atoms with Gasteiger partial charge in [0.1, 0.15) is 0 Å². The lowest BCUT2D eigenvalue weighted by Crippen LogP contribution is -2.11. The molecule has 0 fully saturated rings. The first kappa shape index (κ1) is 27.7. The number of nitrogens with one attached hydrogen (secondary N) is 2. The van der Waals surface area contributed by atoms with Gasteiger partial charge in [0.15, 0.2) is 0 Å². The van der Waals surface area contributed by atoms with Crippen LogP contribution in [0, 0.1) is 11.3 Å². The summed E-state index contributed by atoms with van der Waals surface area (Å²) in [7, 11) is 0. The molecule has 1 aromatic heterocycles. The monoisotopic (exact) mass is 539 g/mol. The molecular formula is C36H37N5. The number of nitrogens with zero attached hydrogens (tertiary/aromatic N) is 1. The van der Waals surface area contributed by atoms with Gasteiger partial charge in [-0.05, 0) is 89.9 Å². The number of aromatic amines is 1. The molecule has 6 N–H and O–H groups in total. The first-order valence-corrected chi connectivity index (χ1v) is 13.8. The number of hydrogen-bond donors (Lipinski definition) is 4. The minimum absolute atomic E-state index is 0.180. The average molecular weight is 540 g/mol. The van der Waals surface area contributed by atoms with Crippen LogP contribution in [0.25, 0.3) is 33.3 Å². The van der Waals surface area contributed by atoms with Crippen LogP contribution < -0.4 is 11.5 Å². The van der Waals surface area contributed by atoms with E-state index in [4.69, 9.17) is 16.9 Å². The summed E-state index contributed by atoms with van der Waals surface area (Å²) in [6.07, 6.45) is 16.3. The van der Waals surface area contributed by atoms with E-state index >= 15 is 0 Å². The Labute approximate surface area is 241 Å². The van der Waals surface area contributed by atoms with E-state index in [9.17, 15) is 0 Å². The van der Waals surface area contributed by atoms with Crippen molar-refractivity contribution < 1.29 is 0 Å². The average Bonchev–Trinajstić information content (AvgIpc) is 3.60. The van der Waals surface area contributed by atoms with Gasteiger partial charge in [0.05, 0.1) is 17.8 Å². The van der Waals surface area contributed by atoms with Crippen molar-refractivity contribution in [3.63, 3.8) is 0 Å². The Balaban J connectivity index is 1.47. The predicted molar refractivity (Wildman–Crippen MR) is 177 cm³/mol. The molecule has 206 valence electrons. The molecule has 0 spiro atoms. The van der Waals surface area contributed by atoms with Crippen LogP contribution in [0.15, 0.2) is 119 Å². The second-order valence-corrected chi connectivity index (χ2v) is 10.8. The second-order valence-electron chi connectivity index (χ2n) is 10.8. The fourth-order valence-electron chi connectivity index (χ4n) is 5.69. The summed E-state index contributed by atoms with van der Waals surface area (Å²) in [6, 6.07) is 10.6. The Morgan fingerprint density at radius 1 is 1.15 bits per heavy atom. The smallest absolute Gasteiger partial charge is 0.0634 e. The molecule has 2 aliphatic rings. The number of benzene rings is 2. The molecule has 1 atom stereocenters. The van der Waals surface area contributed by atoms with Crippen molar-refractivity contribution >= 4 is 45.3 Å².